The van der Waals surface area contributed by atoms with E-state index in [1.165, 1.54) is 0 Å². The van der Waals surface area contributed by atoms with Crippen molar-refractivity contribution >= 4 is 0 Å². The van der Waals surface area contributed by atoms with Crippen molar-refractivity contribution in [2.24, 2.45) is 13.0 Å². The molecule has 7 heteroatoms. The average molecular weight is 345 g/mol. The van der Waals surface area contributed by atoms with Crippen LogP contribution >= 0.6 is 0 Å². The number of aryl methyl sites for hydroxylation is 1. The summed E-state index contributed by atoms with van der Waals surface area (Å²) in [5.41, 5.74) is 2.26. The Balaban J connectivity index is 1.37. The Morgan fingerprint density at radius 1 is 1.36 bits per heavy atom. The van der Waals surface area contributed by atoms with Crippen molar-refractivity contribution in [3.8, 4) is 17.2 Å². The summed E-state index contributed by atoms with van der Waals surface area (Å²) in [6, 6.07) is 3.99. The summed E-state index contributed by atoms with van der Waals surface area (Å²) >= 11 is 0. The van der Waals surface area contributed by atoms with Crippen molar-refractivity contribution in [1.29, 1.82) is 0 Å². The molecule has 3 heterocycles. The number of nitrogens with one attached hydrogen (secondary N) is 1. The normalized spacial score (nSPS) is 21.7. The van der Waals surface area contributed by atoms with Crippen LogP contribution in [0.2, 0.25) is 0 Å². The highest BCUT2D eigenvalue weighted by Gasteiger charge is 2.30. The molecule has 7 nitrogen and oxygen atoms in total. The van der Waals surface area contributed by atoms with E-state index in [1.807, 2.05) is 36.3 Å². The van der Waals surface area contributed by atoms with Crippen molar-refractivity contribution in [3.63, 3.8) is 0 Å². The van der Waals surface area contributed by atoms with Crippen LogP contribution in [-0.4, -0.2) is 36.8 Å². The van der Waals surface area contributed by atoms with Gasteiger partial charge in [0.2, 0.25) is 12.5 Å². The van der Waals surface area contributed by atoms with Gasteiger partial charge in [0, 0.05) is 44.4 Å². The number of ether oxygens (including phenoxy) is 4. The fourth-order valence-electron chi connectivity index (χ4n) is 3.49. The van der Waals surface area contributed by atoms with Gasteiger partial charge >= 0.3 is 0 Å². The van der Waals surface area contributed by atoms with Gasteiger partial charge in [-0.05, 0) is 24.1 Å². The van der Waals surface area contributed by atoms with Crippen LogP contribution in [0, 0.1) is 5.92 Å². The Kier molecular flexibility index (Phi) is 4.50. The first-order chi connectivity index (χ1) is 12.2. The van der Waals surface area contributed by atoms with E-state index in [0.717, 1.165) is 43.0 Å². The van der Waals surface area contributed by atoms with Gasteiger partial charge in [0.1, 0.15) is 0 Å². The number of methoxy groups -OCH3 is 1. The average Bonchev–Trinajstić information content (AvgIpc) is 3.34. The number of benzene rings is 1. The maximum atomic E-state index is 5.91. The molecule has 0 aliphatic carbocycles. The highest BCUT2D eigenvalue weighted by atomic mass is 16.7. The molecule has 2 atom stereocenters. The predicted octanol–water partition coefficient (Wildman–Crippen LogP) is 2.02. The molecular weight excluding hydrogens is 322 g/mol. The van der Waals surface area contributed by atoms with Gasteiger partial charge in [0.15, 0.2) is 11.5 Å². The van der Waals surface area contributed by atoms with Crippen LogP contribution in [0.25, 0.3) is 0 Å². The molecule has 0 unspecified atom stereocenters. The van der Waals surface area contributed by atoms with Crippen LogP contribution in [0.4, 0.5) is 0 Å². The molecule has 0 bridgehead atoms. The van der Waals surface area contributed by atoms with Crippen molar-refractivity contribution in [2.75, 3.05) is 27.1 Å². The lowest BCUT2D eigenvalue weighted by Gasteiger charge is -2.18. The van der Waals surface area contributed by atoms with Crippen molar-refractivity contribution in [1.82, 2.24) is 15.1 Å². The second-order valence-electron chi connectivity index (χ2n) is 6.45. The Morgan fingerprint density at radius 3 is 3.08 bits per heavy atom. The third kappa shape index (κ3) is 3.29. The van der Waals surface area contributed by atoms with Gasteiger partial charge in [-0.15, -0.1) is 0 Å². The third-order valence-electron chi connectivity index (χ3n) is 4.72. The molecule has 0 amide bonds. The van der Waals surface area contributed by atoms with Gasteiger partial charge in [0.25, 0.3) is 0 Å². The van der Waals surface area contributed by atoms with Gasteiger partial charge in [-0.25, -0.2) is 0 Å². The minimum atomic E-state index is 0.118. The number of rotatable bonds is 6. The molecule has 0 saturated carbocycles. The summed E-state index contributed by atoms with van der Waals surface area (Å²) in [6.45, 7) is 2.66. The Labute approximate surface area is 146 Å². The van der Waals surface area contributed by atoms with Gasteiger partial charge < -0.3 is 24.3 Å². The van der Waals surface area contributed by atoms with E-state index in [-0.39, 0.29) is 12.9 Å². The molecule has 1 fully saturated rings. The van der Waals surface area contributed by atoms with Gasteiger partial charge in [-0.2, -0.15) is 5.10 Å². The Hall–Kier alpha value is -2.25. The first kappa shape index (κ1) is 16.2. The van der Waals surface area contributed by atoms with Crippen molar-refractivity contribution in [2.45, 2.75) is 19.1 Å². The summed E-state index contributed by atoms with van der Waals surface area (Å²) in [5, 5.41) is 7.79. The zero-order valence-electron chi connectivity index (χ0n) is 14.5. The summed E-state index contributed by atoms with van der Waals surface area (Å²) in [4.78, 5) is 0. The van der Waals surface area contributed by atoms with E-state index in [2.05, 4.69) is 10.4 Å². The molecule has 1 N–H and O–H groups in total. The topological polar surface area (TPSA) is 66.8 Å². The van der Waals surface area contributed by atoms with Crippen LogP contribution in [0.15, 0.2) is 24.5 Å². The molecule has 2 aliphatic heterocycles. The van der Waals surface area contributed by atoms with Crippen molar-refractivity contribution in [3.05, 3.63) is 35.7 Å². The molecule has 1 aromatic heterocycles. The largest absolute Gasteiger partial charge is 0.493 e. The summed E-state index contributed by atoms with van der Waals surface area (Å²) in [5.74, 6) is 2.59. The summed E-state index contributed by atoms with van der Waals surface area (Å²) < 4.78 is 24.0. The molecule has 2 aromatic rings. The predicted molar refractivity (Wildman–Crippen MR) is 90.8 cm³/mol. The molecular formula is C18H23N3O4. The van der Waals surface area contributed by atoms with Gasteiger partial charge in [-0.1, -0.05) is 0 Å². The fraction of sp³-hybridized carbons (Fsp3) is 0.500. The molecule has 1 aromatic carbocycles. The quantitative estimate of drug-likeness (QED) is 0.864. The number of fused-ring (bicyclic) bond motifs is 1. The number of aromatic nitrogens is 2. The zero-order valence-corrected chi connectivity index (χ0v) is 14.5. The number of hydrogen-bond donors (Lipinski definition) is 1. The van der Waals surface area contributed by atoms with E-state index in [9.17, 15) is 0 Å². The zero-order chi connectivity index (χ0) is 17.2. The molecule has 4 rings (SSSR count). The van der Waals surface area contributed by atoms with Gasteiger partial charge in [-0.3, -0.25) is 4.68 Å². The maximum absolute atomic E-state index is 5.91. The highest BCUT2D eigenvalue weighted by Crippen LogP contribution is 2.41. The van der Waals surface area contributed by atoms with Crippen LogP contribution in [0.1, 0.15) is 23.7 Å². The van der Waals surface area contributed by atoms with Crippen LogP contribution in [-0.2, 0) is 18.3 Å². The minimum Gasteiger partial charge on any atom is -0.493 e. The van der Waals surface area contributed by atoms with Crippen LogP contribution in [0.5, 0.6) is 17.2 Å². The lowest BCUT2D eigenvalue weighted by Crippen LogP contribution is -2.24. The standard InChI is InChI=1S/C18H23N3O4/c1-21-10-14(9-20-21)17-13(3-4-23-17)8-19-7-12-5-15(22-2)18-16(6-12)24-11-25-18/h5-6,9-10,13,17,19H,3-4,7-8,11H2,1-2H3/t13-,17+/m1/s1. The van der Waals surface area contributed by atoms with E-state index in [0.29, 0.717) is 17.4 Å². The molecule has 134 valence electrons. The summed E-state index contributed by atoms with van der Waals surface area (Å²) in [6.07, 6.45) is 5.10. The molecule has 1 saturated heterocycles. The lowest BCUT2D eigenvalue weighted by atomic mass is 9.97. The second kappa shape index (κ2) is 6.93. The van der Waals surface area contributed by atoms with Gasteiger partial charge in [0.05, 0.1) is 19.4 Å². The third-order valence-corrected chi connectivity index (χ3v) is 4.72. The first-order valence-corrected chi connectivity index (χ1v) is 8.52. The van der Waals surface area contributed by atoms with Crippen LogP contribution in [0.3, 0.4) is 0 Å². The maximum Gasteiger partial charge on any atom is 0.231 e. The first-order valence-electron chi connectivity index (χ1n) is 8.52. The van der Waals surface area contributed by atoms with E-state index >= 15 is 0 Å². The number of nitrogens with zero attached hydrogens (tertiary/aromatic N) is 2. The Morgan fingerprint density at radius 2 is 2.28 bits per heavy atom. The number of hydrogen-bond acceptors (Lipinski definition) is 6. The van der Waals surface area contributed by atoms with E-state index < -0.39 is 0 Å². The lowest BCUT2D eigenvalue weighted by molar-refractivity contribution is 0.0904. The van der Waals surface area contributed by atoms with Crippen LogP contribution < -0.4 is 19.5 Å². The molecule has 0 spiro atoms. The smallest absolute Gasteiger partial charge is 0.231 e. The van der Waals surface area contributed by atoms with E-state index in [1.54, 1.807) is 7.11 Å². The molecule has 25 heavy (non-hydrogen) atoms. The second-order valence-corrected chi connectivity index (χ2v) is 6.45. The summed E-state index contributed by atoms with van der Waals surface area (Å²) in [7, 11) is 3.57. The van der Waals surface area contributed by atoms with E-state index in [4.69, 9.17) is 18.9 Å². The Bertz CT molecular complexity index is 746. The highest BCUT2D eigenvalue weighted by molar-refractivity contribution is 5.55. The SMILES string of the molecule is COc1cc(CNC[C@H]2CCO[C@@H]2c2cnn(C)c2)cc2c1OCO2. The monoisotopic (exact) mass is 345 g/mol. The molecule has 2 aliphatic rings. The minimum absolute atomic E-state index is 0.118. The van der Waals surface area contributed by atoms with Crippen molar-refractivity contribution < 1.29 is 18.9 Å². The fourth-order valence-corrected chi connectivity index (χ4v) is 3.49. The molecule has 0 radical (unpaired) electrons.